The van der Waals surface area contributed by atoms with Gasteiger partial charge in [-0.25, -0.2) is 4.98 Å². The number of carboxylic acids is 1. The van der Waals surface area contributed by atoms with Crippen molar-refractivity contribution in [3.8, 4) is 0 Å². The van der Waals surface area contributed by atoms with E-state index >= 15 is 0 Å². The number of hydrogen-bond acceptors (Lipinski definition) is 4. The van der Waals surface area contributed by atoms with Crippen LogP contribution in [0.4, 0.5) is 0 Å². The summed E-state index contributed by atoms with van der Waals surface area (Å²) in [4.78, 5) is 15.1. The molecule has 1 unspecified atom stereocenters. The Balaban J connectivity index is 1.80. The summed E-state index contributed by atoms with van der Waals surface area (Å²) < 4.78 is 0. The predicted molar refractivity (Wildman–Crippen MR) is 67.0 cm³/mol. The van der Waals surface area contributed by atoms with Gasteiger partial charge in [0.1, 0.15) is 0 Å². The maximum atomic E-state index is 10.8. The minimum absolute atomic E-state index is 0.136. The first-order valence-corrected chi connectivity index (χ1v) is 6.98. The van der Waals surface area contributed by atoms with Crippen LogP contribution in [0, 0.1) is 5.92 Å². The van der Waals surface area contributed by atoms with E-state index in [1.54, 1.807) is 11.3 Å². The topological polar surface area (TPSA) is 62.2 Å². The lowest BCUT2D eigenvalue weighted by Gasteiger charge is -2.29. The number of aliphatic carboxylic acids is 1. The van der Waals surface area contributed by atoms with Crippen molar-refractivity contribution in [2.75, 3.05) is 0 Å². The molecule has 1 aliphatic rings. The zero-order valence-electron chi connectivity index (χ0n) is 9.93. The zero-order valence-corrected chi connectivity index (χ0v) is 10.7. The lowest BCUT2D eigenvalue weighted by molar-refractivity contribution is -0.142. The van der Waals surface area contributed by atoms with E-state index in [2.05, 4.69) is 22.6 Å². The van der Waals surface area contributed by atoms with Gasteiger partial charge in [0.05, 0.1) is 17.1 Å². The first-order chi connectivity index (χ1) is 8.16. The van der Waals surface area contributed by atoms with Crippen LogP contribution in [0.3, 0.4) is 0 Å². The van der Waals surface area contributed by atoms with Crippen molar-refractivity contribution in [2.45, 2.75) is 44.7 Å². The van der Waals surface area contributed by atoms with Gasteiger partial charge < -0.3 is 10.4 Å². The quantitative estimate of drug-likeness (QED) is 0.866. The number of aromatic nitrogens is 1. The second-order valence-corrected chi connectivity index (χ2v) is 5.41. The number of nitrogens with zero attached hydrogens (tertiary/aromatic N) is 1. The molecule has 0 spiro atoms. The molecule has 1 saturated carbocycles. The molecular formula is C12H18N2O2S. The number of rotatable bonds is 4. The normalized spacial score (nSPS) is 26.6. The third-order valence-electron chi connectivity index (χ3n) is 3.46. The van der Waals surface area contributed by atoms with Crippen LogP contribution < -0.4 is 5.32 Å². The SMILES string of the molecule is CC(NC1CCC(C(=O)O)CC1)c1cscn1. The largest absolute Gasteiger partial charge is 0.481 e. The minimum Gasteiger partial charge on any atom is -0.481 e. The van der Waals surface area contributed by atoms with E-state index in [1.165, 1.54) is 0 Å². The van der Waals surface area contributed by atoms with Crippen LogP contribution in [0.15, 0.2) is 10.9 Å². The molecule has 0 aromatic carbocycles. The van der Waals surface area contributed by atoms with E-state index in [-0.39, 0.29) is 12.0 Å². The maximum Gasteiger partial charge on any atom is 0.306 e. The highest BCUT2D eigenvalue weighted by Crippen LogP contribution is 2.26. The van der Waals surface area contributed by atoms with E-state index in [0.717, 1.165) is 31.4 Å². The van der Waals surface area contributed by atoms with Crippen molar-refractivity contribution < 1.29 is 9.90 Å². The molecule has 4 nitrogen and oxygen atoms in total. The van der Waals surface area contributed by atoms with Gasteiger partial charge in [0, 0.05) is 17.5 Å². The summed E-state index contributed by atoms with van der Waals surface area (Å²) in [6.07, 6.45) is 3.48. The number of carbonyl (C=O) groups is 1. The molecule has 1 aromatic heterocycles. The molecule has 1 atom stereocenters. The van der Waals surface area contributed by atoms with E-state index in [0.29, 0.717) is 6.04 Å². The Labute approximate surface area is 105 Å². The fraction of sp³-hybridized carbons (Fsp3) is 0.667. The Bertz CT molecular complexity index is 359. The van der Waals surface area contributed by atoms with Crippen LogP contribution in [0.25, 0.3) is 0 Å². The number of carboxylic acid groups (broad SMARTS) is 1. The smallest absolute Gasteiger partial charge is 0.306 e. The van der Waals surface area contributed by atoms with Crippen molar-refractivity contribution in [3.05, 3.63) is 16.6 Å². The van der Waals surface area contributed by atoms with Crippen LogP contribution >= 0.6 is 11.3 Å². The van der Waals surface area contributed by atoms with E-state index < -0.39 is 5.97 Å². The molecule has 2 N–H and O–H groups in total. The molecule has 1 aliphatic carbocycles. The summed E-state index contributed by atoms with van der Waals surface area (Å²) in [5.74, 6) is -0.779. The average Bonchev–Trinajstić information content (AvgIpc) is 2.83. The van der Waals surface area contributed by atoms with Gasteiger partial charge in [0.2, 0.25) is 0 Å². The second kappa shape index (κ2) is 5.60. The predicted octanol–water partition coefficient (Wildman–Crippen LogP) is 2.44. The first-order valence-electron chi connectivity index (χ1n) is 6.03. The third-order valence-corrected chi connectivity index (χ3v) is 4.06. The molecule has 0 aliphatic heterocycles. The fourth-order valence-electron chi connectivity index (χ4n) is 2.38. The monoisotopic (exact) mass is 254 g/mol. The summed E-state index contributed by atoms with van der Waals surface area (Å²) in [5, 5.41) is 14.5. The van der Waals surface area contributed by atoms with Crippen molar-refractivity contribution in [3.63, 3.8) is 0 Å². The Morgan fingerprint density at radius 3 is 2.76 bits per heavy atom. The summed E-state index contributed by atoms with van der Waals surface area (Å²) in [7, 11) is 0. The average molecular weight is 254 g/mol. The Hall–Kier alpha value is -0.940. The highest BCUT2D eigenvalue weighted by Gasteiger charge is 2.26. The molecule has 0 bridgehead atoms. The molecule has 0 radical (unpaired) electrons. The minimum atomic E-state index is -0.643. The molecule has 94 valence electrons. The Morgan fingerprint density at radius 2 is 2.24 bits per heavy atom. The molecular weight excluding hydrogens is 236 g/mol. The Kier molecular flexibility index (Phi) is 4.12. The summed E-state index contributed by atoms with van der Waals surface area (Å²) in [5.41, 5.74) is 2.92. The van der Waals surface area contributed by atoms with Crippen LogP contribution in [0.5, 0.6) is 0 Å². The van der Waals surface area contributed by atoms with Gasteiger partial charge in [-0.1, -0.05) is 0 Å². The summed E-state index contributed by atoms with van der Waals surface area (Å²) in [6.45, 7) is 2.11. The van der Waals surface area contributed by atoms with Crippen molar-refractivity contribution in [2.24, 2.45) is 5.92 Å². The molecule has 0 amide bonds. The van der Waals surface area contributed by atoms with Gasteiger partial charge in [-0.2, -0.15) is 0 Å². The van der Waals surface area contributed by atoms with Crippen molar-refractivity contribution >= 4 is 17.3 Å². The number of thiazole rings is 1. The van der Waals surface area contributed by atoms with Gasteiger partial charge >= 0.3 is 5.97 Å². The molecule has 2 rings (SSSR count). The highest BCUT2D eigenvalue weighted by molar-refractivity contribution is 7.07. The van der Waals surface area contributed by atoms with Crippen LogP contribution in [0.2, 0.25) is 0 Å². The summed E-state index contributed by atoms with van der Waals surface area (Å²) in [6, 6.07) is 0.690. The lowest BCUT2D eigenvalue weighted by Crippen LogP contribution is -2.36. The van der Waals surface area contributed by atoms with Crippen LogP contribution in [-0.4, -0.2) is 22.1 Å². The Morgan fingerprint density at radius 1 is 1.53 bits per heavy atom. The van der Waals surface area contributed by atoms with E-state index in [9.17, 15) is 4.79 Å². The van der Waals surface area contributed by atoms with Gasteiger partial charge in [0.25, 0.3) is 0 Å². The fourth-order valence-corrected chi connectivity index (χ4v) is 3.03. The number of hydrogen-bond donors (Lipinski definition) is 2. The summed E-state index contributed by atoms with van der Waals surface area (Å²) >= 11 is 1.61. The standard InChI is InChI=1S/C12H18N2O2S/c1-8(11-6-17-7-13-11)14-10-4-2-9(3-5-10)12(15)16/h6-10,14H,2-5H2,1H3,(H,15,16). The number of nitrogens with one attached hydrogen (secondary N) is 1. The van der Waals surface area contributed by atoms with Gasteiger partial charge in [0.15, 0.2) is 0 Å². The molecule has 0 saturated heterocycles. The third kappa shape index (κ3) is 3.26. The van der Waals surface area contributed by atoms with Crippen LogP contribution in [-0.2, 0) is 4.79 Å². The van der Waals surface area contributed by atoms with Crippen LogP contribution in [0.1, 0.15) is 44.3 Å². The van der Waals surface area contributed by atoms with E-state index in [1.807, 2.05) is 5.51 Å². The molecule has 17 heavy (non-hydrogen) atoms. The van der Waals surface area contributed by atoms with Gasteiger partial charge in [-0.05, 0) is 32.6 Å². The van der Waals surface area contributed by atoms with Gasteiger partial charge in [-0.15, -0.1) is 11.3 Å². The highest BCUT2D eigenvalue weighted by atomic mass is 32.1. The maximum absolute atomic E-state index is 10.8. The van der Waals surface area contributed by atoms with Crippen molar-refractivity contribution in [1.29, 1.82) is 0 Å². The molecule has 1 aromatic rings. The molecule has 1 heterocycles. The lowest BCUT2D eigenvalue weighted by atomic mass is 9.86. The molecule has 1 fully saturated rings. The van der Waals surface area contributed by atoms with E-state index in [4.69, 9.17) is 5.11 Å². The van der Waals surface area contributed by atoms with Crippen molar-refractivity contribution in [1.82, 2.24) is 10.3 Å². The zero-order chi connectivity index (χ0) is 12.3. The first kappa shape index (κ1) is 12.5. The second-order valence-electron chi connectivity index (χ2n) is 4.69. The van der Waals surface area contributed by atoms with Gasteiger partial charge in [-0.3, -0.25) is 4.79 Å². The molecule has 5 heteroatoms.